The topological polar surface area (TPSA) is 49.3 Å². The van der Waals surface area contributed by atoms with Gasteiger partial charge >= 0.3 is 5.97 Å². The number of hydrogen-bond donors (Lipinski definition) is 2. The van der Waals surface area contributed by atoms with Crippen molar-refractivity contribution in [3.63, 3.8) is 0 Å². The third-order valence-corrected chi connectivity index (χ3v) is 2.44. The Morgan fingerprint density at radius 2 is 1.76 bits per heavy atom. The monoisotopic (exact) mass is 243 g/mol. The molecule has 1 atom stereocenters. The predicted octanol–water partition coefficient (Wildman–Crippen LogP) is 2.26. The normalized spacial score (nSPS) is 14.7. The summed E-state index contributed by atoms with van der Waals surface area (Å²) in [5.74, 6) is -2.77. The molecule has 5 heteroatoms. The number of nitrogens with one attached hydrogen (secondary N) is 1. The summed E-state index contributed by atoms with van der Waals surface area (Å²) in [5, 5.41) is 12.0. The molecule has 0 aliphatic rings. The van der Waals surface area contributed by atoms with Gasteiger partial charge in [0.2, 0.25) is 0 Å². The van der Waals surface area contributed by atoms with Gasteiger partial charge < -0.3 is 5.11 Å². The number of carboxylic acid groups (broad SMARTS) is 1. The van der Waals surface area contributed by atoms with Crippen LogP contribution in [0, 0.1) is 11.6 Å². The van der Waals surface area contributed by atoms with Crippen molar-refractivity contribution in [2.75, 3.05) is 0 Å². The fourth-order valence-electron chi connectivity index (χ4n) is 1.69. The minimum absolute atomic E-state index is 0.0520. The maximum atomic E-state index is 13.1. The second-order valence-electron chi connectivity index (χ2n) is 4.39. The van der Waals surface area contributed by atoms with Crippen LogP contribution >= 0.6 is 0 Å². The van der Waals surface area contributed by atoms with Gasteiger partial charge in [0.05, 0.1) is 0 Å². The second-order valence-corrected chi connectivity index (χ2v) is 4.39. The van der Waals surface area contributed by atoms with Crippen LogP contribution in [-0.4, -0.2) is 17.1 Å². The van der Waals surface area contributed by atoms with E-state index in [1.807, 2.05) is 0 Å². The lowest BCUT2D eigenvalue weighted by molar-refractivity contribution is -0.144. The summed E-state index contributed by atoms with van der Waals surface area (Å²) < 4.78 is 26.2. The molecule has 1 rings (SSSR count). The first-order valence-electron chi connectivity index (χ1n) is 5.23. The van der Waals surface area contributed by atoms with Crippen LogP contribution in [0.4, 0.5) is 8.78 Å². The van der Waals surface area contributed by atoms with Gasteiger partial charge in [0.25, 0.3) is 0 Å². The molecule has 1 aromatic rings. The highest BCUT2D eigenvalue weighted by atomic mass is 19.1. The van der Waals surface area contributed by atoms with E-state index in [1.165, 1.54) is 6.92 Å². The minimum Gasteiger partial charge on any atom is -0.480 e. The molecule has 0 bridgehead atoms. The van der Waals surface area contributed by atoms with E-state index in [1.54, 1.807) is 13.8 Å². The summed E-state index contributed by atoms with van der Waals surface area (Å²) in [6.45, 7) is 4.90. The van der Waals surface area contributed by atoms with Gasteiger partial charge in [-0.3, -0.25) is 5.32 Å². The number of benzene rings is 1. The lowest BCUT2D eigenvalue weighted by Gasteiger charge is -2.29. The molecule has 3 nitrogen and oxygen atoms in total. The first kappa shape index (κ1) is 13.6. The van der Waals surface area contributed by atoms with E-state index in [2.05, 4.69) is 5.32 Å². The molecule has 1 unspecified atom stereocenters. The van der Waals surface area contributed by atoms with Crippen molar-refractivity contribution in [3.05, 3.63) is 35.4 Å². The average Bonchev–Trinajstić information content (AvgIpc) is 2.14. The average molecular weight is 243 g/mol. The fourth-order valence-corrected chi connectivity index (χ4v) is 1.69. The summed E-state index contributed by atoms with van der Waals surface area (Å²) in [6.07, 6.45) is 0. The Hall–Kier alpha value is -1.49. The third kappa shape index (κ3) is 3.00. The number of hydrogen-bond acceptors (Lipinski definition) is 2. The van der Waals surface area contributed by atoms with Gasteiger partial charge in [-0.2, -0.15) is 0 Å². The van der Waals surface area contributed by atoms with Crippen molar-refractivity contribution in [2.45, 2.75) is 32.4 Å². The minimum atomic E-state index is -1.52. The van der Waals surface area contributed by atoms with Crippen molar-refractivity contribution in [1.29, 1.82) is 0 Å². The zero-order chi connectivity index (χ0) is 13.2. The molecule has 0 heterocycles. The number of carbonyl (C=O) groups is 1. The molecular weight excluding hydrogens is 228 g/mol. The van der Waals surface area contributed by atoms with Gasteiger partial charge in [-0.25, -0.2) is 13.6 Å². The van der Waals surface area contributed by atoms with Gasteiger partial charge in [0, 0.05) is 12.1 Å². The Bertz CT molecular complexity index is 414. The summed E-state index contributed by atoms with van der Waals surface area (Å²) in [4.78, 5) is 11.3. The number of carboxylic acids is 1. The van der Waals surface area contributed by atoms with Crippen LogP contribution in [0.2, 0.25) is 0 Å². The van der Waals surface area contributed by atoms with E-state index in [9.17, 15) is 18.7 Å². The molecule has 1 aromatic carbocycles. The number of halogens is 2. The molecule has 0 aliphatic carbocycles. The molecule has 0 aliphatic heterocycles. The first-order chi connectivity index (χ1) is 7.75. The Morgan fingerprint density at radius 1 is 1.29 bits per heavy atom. The molecule has 0 saturated heterocycles. The fraction of sp³-hybridized carbons (Fsp3) is 0.417. The summed E-state index contributed by atoms with van der Waals surface area (Å²) in [6, 6.07) is 2.61. The molecule has 0 aromatic heterocycles. The van der Waals surface area contributed by atoms with Crippen LogP contribution in [0.15, 0.2) is 18.2 Å². The Labute approximate surface area is 98.5 Å². The van der Waals surface area contributed by atoms with Crippen molar-refractivity contribution in [1.82, 2.24) is 5.32 Å². The molecule has 0 amide bonds. The van der Waals surface area contributed by atoms with E-state index in [0.717, 1.165) is 12.1 Å². The highest BCUT2D eigenvalue weighted by Gasteiger charge is 2.36. The van der Waals surface area contributed by atoms with Crippen LogP contribution in [0.3, 0.4) is 0 Å². The summed E-state index contributed by atoms with van der Waals surface area (Å²) in [7, 11) is 0. The first-order valence-corrected chi connectivity index (χ1v) is 5.23. The van der Waals surface area contributed by atoms with Gasteiger partial charge in [-0.1, -0.05) is 0 Å². The van der Waals surface area contributed by atoms with Gasteiger partial charge in [-0.05, 0) is 38.5 Å². The highest BCUT2D eigenvalue weighted by molar-refractivity contribution is 5.80. The van der Waals surface area contributed by atoms with E-state index in [0.29, 0.717) is 6.07 Å². The zero-order valence-electron chi connectivity index (χ0n) is 9.92. The van der Waals surface area contributed by atoms with Crippen LogP contribution in [0.5, 0.6) is 0 Å². The molecule has 0 fully saturated rings. The van der Waals surface area contributed by atoms with E-state index >= 15 is 0 Å². The molecule has 94 valence electrons. The number of rotatable bonds is 4. The van der Waals surface area contributed by atoms with Crippen LogP contribution < -0.4 is 5.32 Å². The van der Waals surface area contributed by atoms with E-state index in [-0.39, 0.29) is 11.6 Å². The summed E-state index contributed by atoms with van der Waals surface area (Å²) >= 11 is 0. The Morgan fingerprint density at radius 3 is 2.12 bits per heavy atom. The molecule has 17 heavy (non-hydrogen) atoms. The van der Waals surface area contributed by atoms with Gasteiger partial charge in [0.15, 0.2) is 0 Å². The lowest BCUT2D eigenvalue weighted by atomic mass is 9.91. The van der Waals surface area contributed by atoms with Crippen LogP contribution in [0.25, 0.3) is 0 Å². The van der Waals surface area contributed by atoms with E-state index in [4.69, 9.17) is 0 Å². The SMILES string of the molecule is CC(C)NC(C)(C(=O)O)c1cc(F)cc(F)c1. The molecule has 0 radical (unpaired) electrons. The maximum absolute atomic E-state index is 13.1. The quantitative estimate of drug-likeness (QED) is 0.852. The van der Waals surface area contributed by atoms with Gasteiger partial charge in [0.1, 0.15) is 17.2 Å². The third-order valence-electron chi connectivity index (χ3n) is 2.44. The van der Waals surface area contributed by atoms with Crippen molar-refractivity contribution in [3.8, 4) is 0 Å². The lowest BCUT2D eigenvalue weighted by Crippen LogP contribution is -2.49. The van der Waals surface area contributed by atoms with Gasteiger partial charge in [-0.15, -0.1) is 0 Å². The van der Waals surface area contributed by atoms with Crippen molar-refractivity contribution >= 4 is 5.97 Å². The molecular formula is C12H15F2NO2. The van der Waals surface area contributed by atoms with Crippen molar-refractivity contribution in [2.24, 2.45) is 0 Å². The zero-order valence-corrected chi connectivity index (χ0v) is 9.92. The predicted molar refractivity (Wildman–Crippen MR) is 59.6 cm³/mol. The molecule has 2 N–H and O–H groups in total. The maximum Gasteiger partial charge on any atom is 0.328 e. The largest absolute Gasteiger partial charge is 0.480 e. The summed E-state index contributed by atoms with van der Waals surface area (Å²) in [5.41, 5.74) is -1.46. The van der Waals surface area contributed by atoms with Crippen molar-refractivity contribution < 1.29 is 18.7 Å². The van der Waals surface area contributed by atoms with E-state index < -0.39 is 23.1 Å². The molecule has 0 saturated carbocycles. The Kier molecular flexibility index (Phi) is 3.83. The number of aliphatic carboxylic acids is 1. The Balaban J connectivity index is 3.26. The van der Waals surface area contributed by atoms with Crippen LogP contribution in [0.1, 0.15) is 26.3 Å². The highest BCUT2D eigenvalue weighted by Crippen LogP contribution is 2.23. The molecule has 0 spiro atoms. The smallest absolute Gasteiger partial charge is 0.328 e. The standard InChI is InChI=1S/C12H15F2NO2/c1-7(2)15-12(3,11(16)17)8-4-9(13)6-10(14)5-8/h4-7,15H,1-3H3,(H,16,17). The van der Waals surface area contributed by atoms with Crippen LogP contribution in [-0.2, 0) is 10.3 Å². The second kappa shape index (κ2) is 4.79.